The van der Waals surface area contributed by atoms with Gasteiger partial charge < -0.3 is 15.5 Å². The maximum Gasteiger partial charge on any atom is 0.338 e. The summed E-state index contributed by atoms with van der Waals surface area (Å²) in [6, 6.07) is 5.66. The molecule has 18 heavy (non-hydrogen) atoms. The van der Waals surface area contributed by atoms with Crippen molar-refractivity contribution in [1.82, 2.24) is 0 Å². The number of aliphatic hydroxyl groups is 1. The molecule has 0 atom stereocenters. The number of carbonyl (C=O) groups is 1. The first kappa shape index (κ1) is 13.2. The lowest BCUT2D eigenvalue weighted by Gasteiger charge is -2.33. The van der Waals surface area contributed by atoms with E-state index < -0.39 is 5.97 Å². The predicted molar refractivity (Wildman–Crippen MR) is 72.5 cm³/mol. The number of aromatic carboxylic acids is 1. The van der Waals surface area contributed by atoms with Gasteiger partial charge in [-0.1, -0.05) is 13.0 Å². The summed E-state index contributed by atoms with van der Waals surface area (Å²) in [5.41, 5.74) is 0.989. The third kappa shape index (κ3) is 2.79. The fourth-order valence-corrected chi connectivity index (χ4v) is 2.90. The van der Waals surface area contributed by atoms with E-state index in [0.29, 0.717) is 24.1 Å². The molecular formula is C13H17NO3S. The van der Waals surface area contributed by atoms with Gasteiger partial charge in [-0.15, -0.1) is 11.8 Å². The van der Waals surface area contributed by atoms with Crippen LogP contribution in [0.1, 0.15) is 30.1 Å². The van der Waals surface area contributed by atoms with Crippen molar-refractivity contribution in [2.45, 2.75) is 36.8 Å². The molecule has 0 spiro atoms. The summed E-state index contributed by atoms with van der Waals surface area (Å²) in [5.74, 6) is -0.0692. The van der Waals surface area contributed by atoms with Gasteiger partial charge in [0, 0.05) is 10.9 Å². The molecule has 0 aromatic heterocycles. The van der Waals surface area contributed by atoms with Crippen molar-refractivity contribution in [1.29, 1.82) is 0 Å². The van der Waals surface area contributed by atoms with Crippen molar-refractivity contribution in [2.24, 2.45) is 0 Å². The zero-order chi connectivity index (χ0) is 13.1. The van der Waals surface area contributed by atoms with Crippen LogP contribution < -0.4 is 5.32 Å². The van der Waals surface area contributed by atoms with E-state index in [9.17, 15) is 15.0 Å². The number of hydrogen-bond acceptors (Lipinski definition) is 4. The number of nitrogens with one attached hydrogen (secondary N) is 1. The first-order valence-electron chi connectivity index (χ1n) is 6.05. The maximum absolute atomic E-state index is 11.4. The Morgan fingerprint density at radius 1 is 1.50 bits per heavy atom. The van der Waals surface area contributed by atoms with E-state index in [-0.39, 0.29) is 12.1 Å². The second-order valence-corrected chi connectivity index (χ2v) is 5.69. The molecule has 0 amide bonds. The highest BCUT2D eigenvalue weighted by atomic mass is 32.2. The van der Waals surface area contributed by atoms with Gasteiger partial charge in [0.2, 0.25) is 0 Å². The summed E-state index contributed by atoms with van der Waals surface area (Å²) in [5, 5.41) is 21.8. The van der Waals surface area contributed by atoms with Gasteiger partial charge >= 0.3 is 5.97 Å². The fraction of sp³-hybridized carbons (Fsp3) is 0.462. The van der Waals surface area contributed by atoms with Crippen LogP contribution in [0, 0.1) is 0 Å². The number of aliphatic hydroxyl groups excluding tert-OH is 1. The highest BCUT2D eigenvalue weighted by Gasteiger charge is 2.28. The molecule has 1 saturated carbocycles. The van der Waals surface area contributed by atoms with Gasteiger partial charge in [-0.05, 0) is 30.7 Å². The second-order valence-electron chi connectivity index (χ2n) is 4.38. The molecule has 1 fully saturated rings. The molecule has 4 nitrogen and oxygen atoms in total. The SMILES string of the molecule is CCSc1cccc(NC2CC(O)C2)c1C(=O)O. The lowest BCUT2D eigenvalue weighted by Crippen LogP contribution is -2.39. The second kappa shape index (κ2) is 5.63. The van der Waals surface area contributed by atoms with Crippen molar-refractivity contribution < 1.29 is 15.0 Å². The molecule has 0 unspecified atom stereocenters. The van der Waals surface area contributed by atoms with Crippen LogP contribution in [-0.2, 0) is 0 Å². The third-order valence-electron chi connectivity index (χ3n) is 3.01. The smallest absolute Gasteiger partial charge is 0.338 e. The molecule has 0 aliphatic heterocycles. The van der Waals surface area contributed by atoms with Crippen LogP contribution in [0.5, 0.6) is 0 Å². The lowest BCUT2D eigenvalue weighted by atomic mass is 9.89. The van der Waals surface area contributed by atoms with Gasteiger partial charge in [0.15, 0.2) is 0 Å². The van der Waals surface area contributed by atoms with Crippen LogP contribution in [0.25, 0.3) is 0 Å². The molecule has 0 heterocycles. The Hall–Kier alpha value is -1.20. The van der Waals surface area contributed by atoms with Gasteiger partial charge in [-0.3, -0.25) is 0 Å². The summed E-state index contributed by atoms with van der Waals surface area (Å²) >= 11 is 1.53. The molecular weight excluding hydrogens is 250 g/mol. The Kier molecular flexibility index (Phi) is 4.14. The summed E-state index contributed by atoms with van der Waals surface area (Å²) in [7, 11) is 0. The van der Waals surface area contributed by atoms with E-state index in [2.05, 4.69) is 5.32 Å². The number of thioether (sulfide) groups is 1. The Morgan fingerprint density at radius 3 is 2.78 bits per heavy atom. The molecule has 5 heteroatoms. The van der Waals surface area contributed by atoms with E-state index >= 15 is 0 Å². The predicted octanol–water partition coefficient (Wildman–Crippen LogP) is 2.43. The number of carboxylic acids is 1. The Balaban J connectivity index is 2.22. The van der Waals surface area contributed by atoms with E-state index in [1.165, 1.54) is 11.8 Å². The Morgan fingerprint density at radius 2 is 2.22 bits per heavy atom. The van der Waals surface area contributed by atoms with Crippen molar-refractivity contribution in [2.75, 3.05) is 11.1 Å². The maximum atomic E-state index is 11.4. The first-order valence-corrected chi connectivity index (χ1v) is 7.04. The van der Waals surface area contributed by atoms with E-state index in [4.69, 9.17) is 0 Å². The van der Waals surface area contributed by atoms with Crippen LogP contribution in [0.15, 0.2) is 23.1 Å². The molecule has 98 valence electrons. The van der Waals surface area contributed by atoms with Crippen LogP contribution in [-0.4, -0.2) is 34.1 Å². The fourth-order valence-electron chi connectivity index (χ4n) is 2.07. The Bertz CT molecular complexity index is 444. The minimum Gasteiger partial charge on any atom is -0.478 e. The van der Waals surface area contributed by atoms with Crippen LogP contribution in [0.4, 0.5) is 5.69 Å². The van der Waals surface area contributed by atoms with E-state index in [1.807, 2.05) is 19.1 Å². The topological polar surface area (TPSA) is 69.6 Å². The monoisotopic (exact) mass is 267 g/mol. The zero-order valence-electron chi connectivity index (χ0n) is 10.2. The van der Waals surface area contributed by atoms with Crippen molar-refractivity contribution in [3.63, 3.8) is 0 Å². The number of hydrogen-bond donors (Lipinski definition) is 3. The highest BCUT2D eigenvalue weighted by molar-refractivity contribution is 7.99. The quantitative estimate of drug-likeness (QED) is 0.715. The largest absolute Gasteiger partial charge is 0.478 e. The minimum absolute atomic E-state index is 0.181. The number of benzene rings is 1. The zero-order valence-corrected chi connectivity index (χ0v) is 11.0. The van der Waals surface area contributed by atoms with Crippen LogP contribution >= 0.6 is 11.8 Å². The molecule has 1 aliphatic carbocycles. The van der Waals surface area contributed by atoms with Crippen LogP contribution in [0.3, 0.4) is 0 Å². The van der Waals surface area contributed by atoms with Gasteiger partial charge in [-0.25, -0.2) is 4.79 Å². The third-order valence-corrected chi connectivity index (χ3v) is 3.95. The molecule has 1 aliphatic rings. The van der Waals surface area contributed by atoms with E-state index in [1.54, 1.807) is 6.07 Å². The Labute approximate surface area is 110 Å². The standard InChI is InChI=1S/C13H17NO3S/c1-2-18-11-5-3-4-10(12(11)13(16)17)14-8-6-9(15)7-8/h3-5,8-9,14-15H,2,6-7H2,1H3,(H,16,17). The highest BCUT2D eigenvalue weighted by Crippen LogP contribution is 2.31. The summed E-state index contributed by atoms with van der Waals surface area (Å²) in [6.07, 6.45) is 1.12. The summed E-state index contributed by atoms with van der Waals surface area (Å²) in [6.45, 7) is 2.00. The molecule has 3 N–H and O–H groups in total. The molecule has 0 bridgehead atoms. The van der Waals surface area contributed by atoms with Crippen LogP contribution in [0.2, 0.25) is 0 Å². The van der Waals surface area contributed by atoms with Crippen molar-refractivity contribution in [3.05, 3.63) is 23.8 Å². The average molecular weight is 267 g/mol. The van der Waals surface area contributed by atoms with Gasteiger partial charge in [0.1, 0.15) is 0 Å². The summed E-state index contributed by atoms with van der Waals surface area (Å²) in [4.78, 5) is 12.2. The number of anilines is 1. The first-order chi connectivity index (χ1) is 8.61. The van der Waals surface area contributed by atoms with Gasteiger partial charge in [-0.2, -0.15) is 0 Å². The average Bonchev–Trinajstić information content (AvgIpc) is 2.27. The number of rotatable bonds is 5. The van der Waals surface area contributed by atoms with Crippen molar-refractivity contribution in [3.8, 4) is 0 Å². The molecule has 1 aromatic rings. The molecule has 0 radical (unpaired) electrons. The molecule has 2 rings (SSSR count). The van der Waals surface area contributed by atoms with Gasteiger partial charge in [0.05, 0.1) is 17.4 Å². The summed E-state index contributed by atoms with van der Waals surface area (Å²) < 4.78 is 0. The minimum atomic E-state index is -0.908. The number of carboxylic acid groups (broad SMARTS) is 1. The lowest BCUT2D eigenvalue weighted by molar-refractivity contribution is 0.0693. The molecule has 1 aromatic carbocycles. The normalized spacial score (nSPS) is 22.3. The van der Waals surface area contributed by atoms with E-state index in [0.717, 1.165) is 10.6 Å². The molecule has 0 saturated heterocycles. The van der Waals surface area contributed by atoms with Gasteiger partial charge in [0.25, 0.3) is 0 Å². The van der Waals surface area contributed by atoms with Crippen molar-refractivity contribution >= 4 is 23.4 Å².